The van der Waals surface area contributed by atoms with Crippen molar-refractivity contribution in [3.8, 4) is 0 Å². The molecule has 0 saturated carbocycles. The van der Waals surface area contributed by atoms with Crippen molar-refractivity contribution in [1.82, 2.24) is 0 Å². The van der Waals surface area contributed by atoms with Gasteiger partial charge in [-0.3, -0.25) is 5.41 Å². The first-order chi connectivity index (χ1) is 6.02. The Morgan fingerprint density at radius 1 is 1.46 bits per heavy atom. The fraction of sp³-hybridized carbons (Fsp3) is 0.300. The average Bonchev–Trinajstić information content (AvgIpc) is 2.03. The van der Waals surface area contributed by atoms with Crippen molar-refractivity contribution in [2.75, 3.05) is 0 Å². The zero-order valence-electron chi connectivity index (χ0n) is 7.76. The first kappa shape index (κ1) is 9.71. The van der Waals surface area contributed by atoms with Crippen molar-refractivity contribution in [1.29, 1.82) is 5.41 Å². The molecule has 1 aromatic carbocycles. The van der Waals surface area contributed by atoms with Crippen molar-refractivity contribution in [3.63, 3.8) is 0 Å². The standard InChI is InChI=1S/C10H13FN2/c1-6(2)7-3-4-8(10(12)13)9(11)5-7/h3-6H,1-2H3,(H3,12,13). The zero-order valence-corrected chi connectivity index (χ0v) is 7.76. The molecule has 2 nitrogen and oxygen atoms in total. The van der Waals surface area contributed by atoms with Crippen molar-refractivity contribution in [2.24, 2.45) is 5.73 Å². The number of hydrogen-bond acceptors (Lipinski definition) is 1. The second kappa shape index (κ2) is 3.56. The molecule has 0 aromatic heterocycles. The first-order valence-corrected chi connectivity index (χ1v) is 4.16. The molecule has 0 amide bonds. The fourth-order valence-corrected chi connectivity index (χ4v) is 1.11. The number of amidine groups is 1. The van der Waals surface area contributed by atoms with E-state index in [-0.39, 0.29) is 17.3 Å². The van der Waals surface area contributed by atoms with Crippen LogP contribution in [0.2, 0.25) is 0 Å². The molecule has 3 N–H and O–H groups in total. The lowest BCUT2D eigenvalue weighted by Gasteiger charge is -2.07. The van der Waals surface area contributed by atoms with Gasteiger partial charge in [-0.25, -0.2) is 4.39 Å². The van der Waals surface area contributed by atoms with Crippen LogP contribution in [0.3, 0.4) is 0 Å². The van der Waals surface area contributed by atoms with E-state index in [1.807, 2.05) is 13.8 Å². The molecule has 13 heavy (non-hydrogen) atoms. The van der Waals surface area contributed by atoms with Gasteiger partial charge in [-0.05, 0) is 23.6 Å². The third-order valence-corrected chi connectivity index (χ3v) is 1.95. The van der Waals surface area contributed by atoms with Crippen molar-refractivity contribution in [3.05, 3.63) is 35.1 Å². The van der Waals surface area contributed by atoms with E-state index < -0.39 is 5.82 Å². The van der Waals surface area contributed by atoms with Crippen LogP contribution in [0.1, 0.15) is 30.9 Å². The second-order valence-corrected chi connectivity index (χ2v) is 3.31. The smallest absolute Gasteiger partial charge is 0.134 e. The highest BCUT2D eigenvalue weighted by Gasteiger charge is 2.07. The molecule has 0 aliphatic rings. The summed E-state index contributed by atoms with van der Waals surface area (Å²) in [5.41, 5.74) is 6.27. The lowest BCUT2D eigenvalue weighted by Crippen LogP contribution is -2.13. The molecule has 0 atom stereocenters. The minimum absolute atomic E-state index is 0.171. The Labute approximate surface area is 77.1 Å². The van der Waals surface area contributed by atoms with Crippen LogP contribution in [0.25, 0.3) is 0 Å². The third kappa shape index (κ3) is 2.05. The maximum Gasteiger partial charge on any atom is 0.134 e. The van der Waals surface area contributed by atoms with Gasteiger partial charge in [0.15, 0.2) is 0 Å². The lowest BCUT2D eigenvalue weighted by atomic mass is 10.0. The molecule has 3 heteroatoms. The van der Waals surface area contributed by atoms with E-state index in [1.54, 1.807) is 12.1 Å². The summed E-state index contributed by atoms with van der Waals surface area (Å²) >= 11 is 0. The topological polar surface area (TPSA) is 49.9 Å². The Bertz CT molecular complexity index is 332. The molecule has 0 aliphatic heterocycles. The minimum Gasteiger partial charge on any atom is -0.384 e. The second-order valence-electron chi connectivity index (χ2n) is 3.31. The van der Waals surface area contributed by atoms with Crippen molar-refractivity contribution in [2.45, 2.75) is 19.8 Å². The van der Waals surface area contributed by atoms with Crippen LogP contribution in [0.5, 0.6) is 0 Å². The maximum absolute atomic E-state index is 13.2. The number of halogens is 1. The highest BCUT2D eigenvalue weighted by molar-refractivity contribution is 5.95. The molecule has 0 fully saturated rings. The molecule has 0 spiro atoms. The van der Waals surface area contributed by atoms with E-state index in [1.165, 1.54) is 6.07 Å². The lowest BCUT2D eigenvalue weighted by molar-refractivity contribution is 0.620. The van der Waals surface area contributed by atoms with Gasteiger partial charge in [0.2, 0.25) is 0 Å². The molecular weight excluding hydrogens is 167 g/mol. The molecule has 0 radical (unpaired) electrons. The van der Waals surface area contributed by atoms with Gasteiger partial charge in [-0.2, -0.15) is 0 Å². The predicted octanol–water partition coefficient (Wildman–Crippen LogP) is 2.23. The molecule has 0 unspecified atom stereocenters. The minimum atomic E-state index is -0.418. The highest BCUT2D eigenvalue weighted by atomic mass is 19.1. The Kier molecular flexibility index (Phi) is 2.66. The molecule has 1 aromatic rings. The summed E-state index contributed by atoms with van der Waals surface area (Å²) in [6.07, 6.45) is 0. The average molecular weight is 180 g/mol. The largest absolute Gasteiger partial charge is 0.384 e. The number of nitrogens with one attached hydrogen (secondary N) is 1. The maximum atomic E-state index is 13.2. The summed E-state index contributed by atoms with van der Waals surface area (Å²) in [6.45, 7) is 3.98. The predicted molar refractivity (Wildman–Crippen MR) is 51.5 cm³/mol. The van der Waals surface area contributed by atoms with E-state index in [2.05, 4.69) is 0 Å². The Morgan fingerprint density at radius 3 is 2.46 bits per heavy atom. The number of nitrogens with two attached hydrogens (primary N) is 1. The van der Waals surface area contributed by atoms with Crippen LogP contribution in [-0.4, -0.2) is 5.84 Å². The summed E-state index contributed by atoms with van der Waals surface area (Å²) in [5.74, 6) is -0.359. The molecule has 0 saturated heterocycles. The van der Waals surface area contributed by atoms with E-state index >= 15 is 0 Å². The van der Waals surface area contributed by atoms with Crippen molar-refractivity contribution < 1.29 is 4.39 Å². The fourth-order valence-electron chi connectivity index (χ4n) is 1.11. The number of hydrogen-bond donors (Lipinski definition) is 2. The van der Waals surface area contributed by atoms with E-state index in [0.717, 1.165) is 5.56 Å². The van der Waals surface area contributed by atoms with Gasteiger partial charge in [0, 0.05) is 0 Å². The van der Waals surface area contributed by atoms with Gasteiger partial charge in [-0.15, -0.1) is 0 Å². The van der Waals surface area contributed by atoms with Gasteiger partial charge < -0.3 is 5.73 Å². The Hall–Kier alpha value is -1.38. The SMILES string of the molecule is CC(C)c1ccc(C(=N)N)c(F)c1. The first-order valence-electron chi connectivity index (χ1n) is 4.16. The molecular formula is C10H13FN2. The zero-order chi connectivity index (χ0) is 10.0. The number of benzene rings is 1. The van der Waals surface area contributed by atoms with Crippen LogP contribution < -0.4 is 5.73 Å². The molecule has 0 bridgehead atoms. The molecule has 0 aliphatic carbocycles. The Morgan fingerprint density at radius 2 is 2.08 bits per heavy atom. The number of nitrogen functional groups attached to an aromatic ring is 1. The summed E-state index contributed by atoms with van der Waals surface area (Å²) in [7, 11) is 0. The highest BCUT2D eigenvalue weighted by Crippen LogP contribution is 2.17. The van der Waals surface area contributed by atoms with Crippen LogP contribution in [0, 0.1) is 11.2 Å². The van der Waals surface area contributed by atoms with E-state index in [0.29, 0.717) is 0 Å². The van der Waals surface area contributed by atoms with Gasteiger partial charge in [0.05, 0.1) is 5.56 Å². The van der Waals surface area contributed by atoms with E-state index in [4.69, 9.17) is 11.1 Å². The van der Waals surface area contributed by atoms with Crippen LogP contribution in [0.4, 0.5) is 4.39 Å². The summed E-state index contributed by atoms with van der Waals surface area (Å²) in [6, 6.07) is 4.78. The van der Waals surface area contributed by atoms with Gasteiger partial charge in [0.25, 0.3) is 0 Å². The van der Waals surface area contributed by atoms with Gasteiger partial charge in [-0.1, -0.05) is 19.9 Å². The quantitative estimate of drug-likeness (QED) is 0.532. The Balaban J connectivity index is 3.13. The monoisotopic (exact) mass is 180 g/mol. The summed E-state index contributed by atoms with van der Waals surface area (Å²) in [5, 5.41) is 7.09. The van der Waals surface area contributed by atoms with Crippen LogP contribution >= 0.6 is 0 Å². The van der Waals surface area contributed by atoms with Crippen LogP contribution in [0.15, 0.2) is 18.2 Å². The van der Waals surface area contributed by atoms with Crippen LogP contribution in [-0.2, 0) is 0 Å². The molecule has 0 heterocycles. The van der Waals surface area contributed by atoms with Gasteiger partial charge in [0.1, 0.15) is 11.7 Å². The summed E-state index contributed by atoms with van der Waals surface area (Å²) < 4.78 is 13.2. The third-order valence-electron chi connectivity index (χ3n) is 1.95. The molecule has 70 valence electrons. The normalized spacial score (nSPS) is 10.5. The molecule has 1 rings (SSSR count). The summed E-state index contributed by atoms with van der Waals surface area (Å²) in [4.78, 5) is 0. The van der Waals surface area contributed by atoms with Crippen molar-refractivity contribution >= 4 is 5.84 Å². The van der Waals surface area contributed by atoms with Gasteiger partial charge >= 0.3 is 0 Å². The number of rotatable bonds is 2. The van der Waals surface area contributed by atoms with E-state index in [9.17, 15) is 4.39 Å².